The zero-order valence-electron chi connectivity index (χ0n) is 12.0. The monoisotopic (exact) mass is 404 g/mol. The number of nitro groups is 2. The van der Waals surface area contributed by atoms with Crippen molar-refractivity contribution in [3.63, 3.8) is 0 Å². The second-order valence-electron chi connectivity index (χ2n) is 4.54. The molecule has 0 radical (unpaired) electrons. The Morgan fingerprint density at radius 3 is 2.08 bits per heavy atom. The van der Waals surface area contributed by atoms with E-state index in [0.717, 1.165) is 12.1 Å². The van der Waals surface area contributed by atoms with E-state index in [1.54, 1.807) is 0 Å². The molecule has 0 heterocycles. The Hall–Kier alpha value is -2.62. The van der Waals surface area contributed by atoms with E-state index in [0.29, 0.717) is 6.07 Å². The number of nitrogens with one attached hydrogen (secondary N) is 2. The van der Waals surface area contributed by atoms with Gasteiger partial charge in [0, 0.05) is 11.1 Å². The Kier molecular flexibility index (Phi) is 5.62. The molecule has 0 aliphatic heterocycles. The van der Waals surface area contributed by atoms with Crippen LogP contribution in [0.1, 0.15) is 10.4 Å². The summed E-state index contributed by atoms with van der Waals surface area (Å²) in [6, 6.07) is 5.38. The molecule has 25 heavy (non-hydrogen) atoms. The van der Waals surface area contributed by atoms with E-state index >= 15 is 0 Å². The van der Waals surface area contributed by atoms with Crippen LogP contribution in [0.25, 0.3) is 0 Å². The summed E-state index contributed by atoms with van der Waals surface area (Å²) < 4.78 is 0. The molecule has 9 nitrogen and oxygen atoms in total. The highest BCUT2D eigenvalue weighted by Crippen LogP contribution is 2.33. The van der Waals surface area contributed by atoms with Crippen molar-refractivity contribution in [2.24, 2.45) is 0 Å². The molecule has 0 saturated carbocycles. The van der Waals surface area contributed by atoms with E-state index < -0.39 is 27.1 Å². The molecule has 0 bridgehead atoms. The molecule has 0 aromatic heterocycles. The van der Waals surface area contributed by atoms with Crippen molar-refractivity contribution in [1.82, 2.24) is 5.43 Å². The number of hydrogen-bond donors (Lipinski definition) is 2. The minimum Gasteiger partial charge on any atom is -0.295 e. The zero-order chi connectivity index (χ0) is 18.7. The van der Waals surface area contributed by atoms with E-state index in [-0.39, 0.29) is 26.3 Å². The van der Waals surface area contributed by atoms with Crippen LogP contribution in [0.2, 0.25) is 15.1 Å². The van der Waals surface area contributed by atoms with Gasteiger partial charge in [-0.2, -0.15) is 0 Å². The van der Waals surface area contributed by atoms with Crippen LogP contribution >= 0.6 is 34.8 Å². The van der Waals surface area contributed by atoms with Crippen molar-refractivity contribution in [3.8, 4) is 0 Å². The van der Waals surface area contributed by atoms with E-state index in [1.807, 2.05) is 0 Å². The average molecular weight is 406 g/mol. The number of nitro benzene ring substituents is 2. The Morgan fingerprint density at radius 2 is 1.56 bits per heavy atom. The highest BCUT2D eigenvalue weighted by Gasteiger charge is 2.24. The summed E-state index contributed by atoms with van der Waals surface area (Å²) >= 11 is 17.6. The molecule has 2 rings (SSSR count). The van der Waals surface area contributed by atoms with Gasteiger partial charge in [-0.3, -0.25) is 35.9 Å². The van der Waals surface area contributed by atoms with Gasteiger partial charge in [0.25, 0.3) is 17.3 Å². The highest BCUT2D eigenvalue weighted by molar-refractivity contribution is 6.41. The van der Waals surface area contributed by atoms with Crippen molar-refractivity contribution in [2.75, 3.05) is 5.43 Å². The Labute approximate surface area is 154 Å². The topological polar surface area (TPSA) is 127 Å². The third-order valence-corrected chi connectivity index (χ3v) is 3.76. The van der Waals surface area contributed by atoms with E-state index in [2.05, 4.69) is 10.9 Å². The van der Waals surface area contributed by atoms with Crippen molar-refractivity contribution >= 4 is 57.8 Å². The number of rotatable bonds is 5. The van der Waals surface area contributed by atoms with E-state index in [9.17, 15) is 25.0 Å². The van der Waals surface area contributed by atoms with Gasteiger partial charge in [0.15, 0.2) is 0 Å². The molecule has 0 atom stereocenters. The number of nitrogens with zero attached hydrogens (tertiary/aromatic N) is 2. The Balaban J connectivity index is 2.27. The predicted molar refractivity (Wildman–Crippen MR) is 92.3 cm³/mol. The van der Waals surface area contributed by atoms with Gasteiger partial charge >= 0.3 is 0 Å². The van der Waals surface area contributed by atoms with Crippen LogP contribution in [0.5, 0.6) is 0 Å². The molecule has 1 amide bonds. The SMILES string of the molecule is O=C(NNc1c(Cl)cc(Cl)cc1Cl)c1ccc([N+](=O)[O-])cc1[N+](=O)[O-]. The Bertz CT molecular complexity index is 867. The van der Waals surface area contributed by atoms with Crippen molar-refractivity contribution in [1.29, 1.82) is 0 Å². The maximum absolute atomic E-state index is 12.2. The number of anilines is 1. The summed E-state index contributed by atoms with van der Waals surface area (Å²) in [5.41, 5.74) is 3.13. The standard InChI is InChI=1S/C13H7Cl3N4O5/c14-6-3-9(15)12(10(16)4-6)17-18-13(21)8-2-1-7(19(22)23)5-11(8)20(24)25/h1-5,17H,(H,18,21). The molecule has 0 unspecified atom stereocenters. The quantitative estimate of drug-likeness (QED) is 0.566. The molecule has 0 aliphatic carbocycles. The summed E-state index contributed by atoms with van der Waals surface area (Å²) in [4.78, 5) is 32.2. The molecule has 2 N–H and O–H groups in total. The molecule has 130 valence electrons. The first kappa shape index (κ1) is 18.7. The number of benzene rings is 2. The third kappa shape index (κ3) is 4.27. The largest absolute Gasteiger partial charge is 0.295 e. The van der Waals surface area contributed by atoms with Crippen LogP contribution in [0, 0.1) is 20.2 Å². The summed E-state index contributed by atoms with van der Waals surface area (Å²) in [5, 5.41) is 22.2. The van der Waals surface area contributed by atoms with Gasteiger partial charge < -0.3 is 0 Å². The predicted octanol–water partition coefficient (Wildman–Crippen LogP) is 4.22. The number of carbonyl (C=O) groups excluding carboxylic acids is 1. The number of halogens is 3. The molecule has 0 fully saturated rings. The highest BCUT2D eigenvalue weighted by atomic mass is 35.5. The first-order chi connectivity index (χ1) is 11.7. The van der Waals surface area contributed by atoms with Crippen LogP contribution in [0.3, 0.4) is 0 Å². The van der Waals surface area contributed by atoms with Gasteiger partial charge in [0.1, 0.15) is 5.56 Å². The van der Waals surface area contributed by atoms with Gasteiger partial charge in [0.2, 0.25) is 0 Å². The number of amides is 1. The fraction of sp³-hybridized carbons (Fsp3) is 0. The van der Waals surface area contributed by atoms with Gasteiger partial charge in [0.05, 0.1) is 31.6 Å². The maximum atomic E-state index is 12.2. The van der Waals surface area contributed by atoms with E-state index in [1.165, 1.54) is 12.1 Å². The van der Waals surface area contributed by atoms with Gasteiger partial charge in [-0.25, -0.2) is 0 Å². The minimum atomic E-state index is -0.913. The first-order valence-corrected chi connectivity index (χ1v) is 7.48. The molecule has 0 saturated heterocycles. The second kappa shape index (κ2) is 7.51. The summed E-state index contributed by atoms with van der Waals surface area (Å²) in [7, 11) is 0. The fourth-order valence-corrected chi connectivity index (χ4v) is 2.74. The number of carbonyl (C=O) groups is 1. The van der Waals surface area contributed by atoms with Crippen LogP contribution in [0.15, 0.2) is 30.3 Å². The van der Waals surface area contributed by atoms with Gasteiger partial charge in [-0.1, -0.05) is 34.8 Å². The molecule has 0 aliphatic rings. The summed E-state index contributed by atoms with van der Waals surface area (Å²) in [6.45, 7) is 0. The van der Waals surface area contributed by atoms with Gasteiger partial charge in [-0.05, 0) is 18.2 Å². The average Bonchev–Trinajstić information content (AvgIpc) is 2.52. The second-order valence-corrected chi connectivity index (χ2v) is 5.79. The van der Waals surface area contributed by atoms with Crippen molar-refractivity contribution < 1.29 is 14.6 Å². The molecule has 2 aromatic carbocycles. The fourth-order valence-electron chi connectivity index (χ4n) is 1.82. The lowest BCUT2D eigenvalue weighted by atomic mass is 10.1. The smallest absolute Gasteiger partial charge is 0.289 e. The van der Waals surface area contributed by atoms with Crippen molar-refractivity contribution in [3.05, 3.63) is 71.2 Å². The lowest BCUT2D eigenvalue weighted by Gasteiger charge is -2.12. The Morgan fingerprint density at radius 1 is 0.960 bits per heavy atom. The molecule has 0 spiro atoms. The van der Waals surface area contributed by atoms with E-state index in [4.69, 9.17) is 34.8 Å². The number of hydrogen-bond acceptors (Lipinski definition) is 6. The summed E-state index contributed by atoms with van der Waals surface area (Å²) in [6.07, 6.45) is 0. The number of hydrazine groups is 1. The lowest BCUT2D eigenvalue weighted by molar-refractivity contribution is -0.394. The number of non-ortho nitro benzene ring substituents is 1. The zero-order valence-corrected chi connectivity index (χ0v) is 14.2. The molecule has 12 heteroatoms. The van der Waals surface area contributed by atoms with Crippen LogP contribution < -0.4 is 10.9 Å². The minimum absolute atomic E-state index is 0.107. The lowest BCUT2D eigenvalue weighted by Crippen LogP contribution is -2.30. The van der Waals surface area contributed by atoms with Crippen LogP contribution in [0.4, 0.5) is 17.1 Å². The molecular weight excluding hydrogens is 399 g/mol. The molecular formula is C13H7Cl3N4O5. The van der Waals surface area contributed by atoms with Crippen molar-refractivity contribution in [2.45, 2.75) is 0 Å². The summed E-state index contributed by atoms with van der Waals surface area (Å²) in [5.74, 6) is -0.913. The van der Waals surface area contributed by atoms with Gasteiger partial charge in [-0.15, -0.1) is 0 Å². The maximum Gasteiger partial charge on any atom is 0.289 e. The molecule has 2 aromatic rings. The van der Waals surface area contributed by atoms with Crippen LogP contribution in [-0.2, 0) is 0 Å². The third-order valence-electron chi connectivity index (χ3n) is 2.94. The normalized spacial score (nSPS) is 10.2. The first-order valence-electron chi connectivity index (χ1n) is 6.34. The van der Waals surface area contributed by atoms with Crippen LogP contribution in [-0.4, -0.2) is 15.8 Å².